The smallest absolute Gasteiger partial charge is 0.336 e. The summed E-state index contributed by atoms with van der Waals surface area (Å²) in [6.07, 6.45) is 0. The van der Waals surface area contributed by atoms with Gasteiger partial charge in [-0.1, -0.05) is 41.4 Å². The first kappa shape index (κ1) is 13.9. The van der Waals surface area contributed by atoms with Gasteiger partial charge in [-0.05, 0) is 30.3 Å². The molecule has 104 valence electrons. The van der Waals surface area contributed by atoms with E-state index in [1.54, 1.807) is 36.4 Å². The Hall–Kier alpha value is -2.10. The van der Waals surface area contributed by atoms with Gasteiger partial charge in [-0.3, -0.25) is 0 Å². The maximum Gasteiger partial charge on any atom is 0.336 e. The topological polar surface area (TPSA) is 50.2 Å². The number of halogens is 2. The fourth-order valence-corrected chi connectivity index (χ4v) is 2.57. The molecule has 3 rings (SSSR count). The highest BCUT2D eigenvalue weighted by Crippen LogP contribution is 2.31. The van der Waals surface area contributed by atoms with Gasteiger partial charge in [0, 0.05) is 16.0 Å². The molecule has 0 radical (unpaired) electrons. The van der Waals surface area contributed by atoms with E-state index in [4.69, 9.17) is 23.2 Å². The van der Waals surface area contributed by atoms with E-state index in [1.165, 1.54) is 6.07 Å². The van der Waals surface area contributed by atoms with Crippen LogP contribution in [-0.2, 0) is 0 Å². The maximum atomic E-state index is 11.5. The van der Waals surface area contributed by atoms with Gasteiger partial charge in [0.1, 0.15) is 0 Å². The number of rotatable bonds is 2. The largest absolute Gasteiger partial charge is 0.478 e. The summed E-state index contributed by atoms with van der Waals surface area (Å²) < 4.78 is 0. The van der Waals surface area contributed by atoms with Crippen LogP contribution in [0.25, 0.3) is 22.2 Å². The van der Waals surface area contributed by atoms with Crippen molar-refractivity contribution in [3.63, 3.8) is 0 Å². The quantitative estimate of drug-likeness (QED) is 0.730. The first-order valence-electron chi connectivity index (χ1n) is 6.15. The highest BCUT2D eigenvalue weighted by atomic mass is 35.5. The summed E-state index contributed by atoms with van der Waals surface area (Å²) >= 11 is 12.2. The highest BCUT2D eigenvalue weighted by Gasteiger charge is 2.14. The number of hydrogen-bond donors (Lipinski definition) is 1. The zero-order chi connectivity index (χ0) is 15.0. The molecule has 0 aliphatic carbocycles. The minimum absolute atomic E-state index is 0.187. The number of carbonyl (C=O) groups is 1. The standard InChI is InChI=1S/C16H9Cl2NO2/c17-9-5-6-13(18)12(7-9)15-8-11(16(20)21)10-3-1-2-4-14(10)19-15/h1-8H,(H,20,21). The maximum absolute atomic E-state index is 11.5. The van der Waals surface area contributed by atoms with E-state index in [2.05, 4.69) is 4.98 Å². The van der Waals surface area contributed by atoms with Gasteiger partial charge in [-0.25, -0.2) is 9.78 Å². The second kappa shape index (κ2) is 5.35. The number of nitrogens with zero attached hydrogens (tertiary/aromatic N) is 1. The Kier molecular flexibility index (Phi) is 3.53. The summed E-state index contributed by atoms with van der Waals surface area (Å²) in [6, 6.07) is 13.6. The van der Waals surface area contributed by atoms with Crippen molar-refractivity contribution < 1.29 is 9.90 Å². The molecule has 0 saturated heterocycles. The second-order valence-electron chi connectivity index (χ2n) is 4.50. The number of carboxylic acid groups (broad SMARTS) is 1. The molecule has 5 heteroatoms. The minimum atomic E-state index is -1.01. The lowest BCUT2D eigenvalue weighted by Crippen LogP contribution is -2.00. The van der Waals surface area contributed by atoms with Crippen LogP contribution >= 0.6 is 23.2 Å². The minimum Gasteiger partial charge on any atom is -0.478 e. The summed E-state index contributed by atoms with van der Waals surface area (Å²) in [5.74, 6) is -1.01. The Balaban J connectivity index is 2.33. The van der Waals surface area contributed by atoms with Crippen LogP contribution < -0.4 is 0 Å². The van der Waals surface area contributed by atoms with Crippen LogP contribution in [0.15, 0.2) is 48.5 Å². The molecule has 0 aliphatic heterocycles. The zero-order valence-electron chi connectivity index (χ0n) is 10.7. The molecule has 1 aromatic heterocycles. The van der Waals surface area contributed by atoms with E-state index in [0.29, 0.717) is 32.2 Å². The molecule has 0 amide bonds. The van der Waals surface area contributed by atoms with Crippen LogP contribution in [0, 0.1) is 0 Å². The van der Waals surface area contributed by atoms with Crippen LogP contribution in [0.1, 0.15) is 10.4 Å². The molecule has 0 bridgehead atoms. The molecular weight excluding hydrogens is 309 g/mol. The number of hydrogen-bond acceptors (Lipinski definition) is 2. The van der Waals surface area contributed by atoms with Crippen LogP contribution in [0.5, 0.6) is 0 Å². The van der Waals surface area contributed by atoms with Crippen molar-refractivity contribution >= 4 is 40.1 Å². The lowest BCUT2D eigenvalue weighted by Gasteiger charge is -2.08. The Morgan fingerprint density at radius 3 is 2.57 bits per heavy atom. The van der Waals surface area contributed by atoms with E-state index < -0.39 is 5.97 Å². The van der Waals surface area contributed by atoms with Gasteiger partial charge in [0.2, 0.25) is 0 Å². The van der Waals surface area contributed by atoms with Crippen LogP contribution in [0.3, 0.4) is 0 Å². The van der Waals surface area contributed by atoms with Gasteiger partial charge in [0.15, 0.2) is 0 Å². The van der Waals surface area contributed by atoms with Gasteiger partial charge in [0.05, 0.1) is 21.8 Å². The molecule has 0 spiro atoms. The van der Waals surface area contributed by atoms with Crippen LogP contribution in [0.4, 0.5) is 0 Å². The van der Waals surface area contributed by atoms with Gasteiger partial charge < -0.3 is 5.11 Å². The Bertz CT molecular complexity index is 862. The molecule has 0 aliphatic rings. The van der Waals surface area contributed by atoms with Gasteiger partial charge >= 0.3 is 5.97 Å². The van der Waals surface area contributed by atoms with E-state index >= 15 is 0 Å². The monoisotopic (exact) mass is 317 g/mol. The number of benzene rings is 2. The predicted molar refractivity (Wildman–Crippen MR) is 84.2 cm³/mol. The molecule has 1 N–H and O–H groups in total. The average molecular weight is 318 g/mol. The molecule has 21 heavy (non-hydrogen) atoms. The second-order valence-corrected chi connectivity index (χ2v) is 5.35. The van der Waals surface area contributed by atoms with E-state index in [0.717, 1.165) is 0 Å². The number of fused-ring (bicyclic) bond motifs is 1. The number of aromatic carboxylic acids is 1. The van der Waals surface area contributed by atoms with Crippen molar-refractivity contribution in [3.8, 4) is 11.3 Å². The summed E-state index contributed by atoms with van der Waals surface area (Å²) in [5, 5.41) is 11.0. The highest BCUT2D eigenvalue weighted by molar-refractivity contribution is 6.35. The fourth-order valence-electron chi connectivity index (χ4n) is 2.18. The SMILES string of the molecule is O=C(O)c1cc(-c2cc(Cl)ccc2Cl)nc2ccccc12. The van der Waals surface area contributed by atoms with Crippen molar-refractivity contribution in [1.29, 1.82) is 0 Å². The van der Waals surface area contributed by atoms with Crippen molar-refractivity contribution in [1.82, 2.24) is 4.98 Å². The number of para-hydroxylation sites is 1. The Labute approximate surface area is 130 Å². The van der Waals surface area contributed by atoms with Crippen molar-refractivity contribution in [3.05, 3.63) is 64.1 Å². The Morgan fingerprint density at radius 2 is 1.81 bits per heavy atom. The first-order valence-corrected chi connectivity index (χ1v) is 6.90. The Morgan fingerprint density at radius 1 is 1.05 bits per heavy atom. The molecule has 0 unspecified atom stereocenters. The third kappa shape index (κ3) is 2.58. The molecule has 2 aromatic carbocycles. The summed E-state index contributed by atoms with van der Waals surface area (Å²) in [5.41, 5.74) is 1.88. The normalized spacial score (nSPS) is 10.8. The summed E-state index contributed by atoms with van der Waals surface area (Å²) in [4.78, 5) is 15.9. The fraction of sp³-hybridized carbons (Fsp3) is 0. The molecule has 0 fully saturated rings. The van der Waals surface area contributed by atoms with Crippen molar-refractivity contribution in [2.75, 3.05) is 0 Å². The van der Waals surface area contributed by atoms with E-state index in [9.17, 15) is 9.90 Å². The van der Waals surface area contributed by atoms with Gasteiger partial charge in [-0.15, -0.1) is 0 Å². The van der Waals surface area contributed by atoms with Gasteiger partial charge in [-0.2, -0.15) is 0 Å². The first-order chi connectivity index (χ1) is 10.1. The van der Waals surface area contributed by atoms with Gasteiger partial charge in [0.25, 0.3) is 0 Å². The molecular formula is C16H9Cl2NO2. The lowest BCUT2D eigenvalue weighted by atomic mass is 10.0. The molecule has 0 saturated carbocycles. The van der Waals surface area contributed by atoms with E-state index in [1.807, 2.05) is 6.07 Å². The molecule has 3 aromatic rings. The molecule has 0 atom stereocenters. The summed E-state index contributed by atoms with van der Waals surface area (Å²) in [6.45, 7) is 0. The van der Waals surface area contributed by atoms with Crippen molar-refractivity contribution in [2.45, 2.75) is 0 Å². The zero-order valence-corrected chi connectivity index (χ0v) is 12.2. The number of aromatic nitrogens is 1. The predicted octanol–water partition coefficient (Wildman–Crippen LogP) is 4.91. The summed E-state index contributed by atoms with van der Waals surface area (Å²) in [7, 11) is 0. The van der Waals surface area contributed by atoms with E-state index in [-0.39, 0.29) is 5.56 Å². The molecule has 3 nitrogen and oxygen atoms in total. The van der Waals surface area contributed by atoms with Crippen molar-refractivity contribution in [2.24, 2.45) is 0 Å². The lowest BCUT2D eigenvalue weighted by molar-refractivity contribution is 0.0699. The number of carboxylic acids is 1. The number of pyridine rings is 1. The average Bonchev–Trinajstić information content (AvgIpc) is 2.48. The third-order valence-electron chi connectivity index (χ3n) is 3.15. The molecule has 1 heterocycles. The third-order valence-corrected chi connectivity index (χ3v) is 3.72. The van der Waals surface area contributed by atoms with Crippen LogP contribution in [-0.4, -0.2) is 16.1 Å². The van der Waals surface area contributed by atoms with Crippen LogP contribution in [0.2, 0.25) is 10.0 Å².